The Labute approximate surface area is 160 Å². The van der Waals surface area contributed by atoms with Gasteiger partial charge in [0.2, 0.25) is 0 Å². The molecule has 1 aliphatic heterocycles. The molecular weight excluding hydrogens is 362 g/mol. The zero-order valence-corrected chi connectivity index (χ0v) is 15.3. The van der Waals surface area contributed by atoms with Crippen LogP contribution in [0.25, 0.3) is 22.6 Å². The normalized spacial score (nSPS) is 14.1. The van der Waals surface area contributed by atoms with Crippen LogP contribution in [-0.4, -0.2) is 44.7 Å². The van der Waals surface area contributed by atoms with Gasteiger partial charge in [-0.05, 0) is 12.1 Å². The predicted octanol–water partition coefficient (Wildman–Crippen LogP) is 3.67. The van der Waals surface area contributed by atoms with Crippen molar-refractivity contribution in [3.05, 3.63) is 64.7 Å². The van der Waals surface area contributed by atoms with Gasteiger partial charge in [0.25, 0.3) is 5.69 Å². The second-order valence-electron chi connectivity index (χ2n) is 6.08. The summed E-state index contributed by atoms with van der Waals surface area (Å²) in [5, 5.41) is 19.6. The predicted molar refractivity (Wildman–Crippen MR) is 107 cm³/mol. The van der Waals surface area contributed by atoms with Crippen molar-refractivity contribution >= 4 is 23.3 Å². The van der Waals surface area contributed by atoms with E-state index in [4.69, 9.17) is 4.98 Å². The average Bonchev–Trinajstić information content (AvgIpc) is 2.74. The topological polar surface area (TPSA) is 85.0 Å². The molecule has 0 unspecified atom stereocenters. The smallest absolute Gasteiger partial charge is 0.269 e. The molecule has 0 saturated carbocycles. The van der Waals surface area contributed by atoms with E-state index in [0.29, 0.717) is 11.4 Å². The zero-order chi connectivity index (χ0) is 18.6. The van der Waals surface area contributed by atoms with Gasteiger partial charge in [0, 0.05) is 47.9 Å². The highest BCUT2D eigenvalue weighted by molar-refractivity contribution is 7.99. The molecule has 3 aromatic rings. The fourth-order valence-corrected chi connectivity index (χ4v) is 3.85. The molecule has 0 spiro atoms. The summed E-state index contributed by atoms with van der Waals surface area (Å²) in [5.41, 5.74) is 2.48. The van der Waals surface area contributed by atoms with Crippen LogP contribution in [0, 0.1) is 10.1 Å². The van der Waals surface area contributed by atoms with Gasteiger partial charge >= 0.3 is 0 Å². The number of nitrogens with zero attached hydrogens (tertiary/aromatic N) is 5. The molecule has 1 fully saturated rings. The highest BCUT2D eigenvalue weighted by atomic mass is 32.2. The summed E-state index contributed by atoms with van der Waals surface area (Å²) in [6, 6.07) is 16.1. The molecule has 136 valence electrons. The molecule has 27 heavy (non-hydrogen) atoms. The number of nitro benzene ring substituents is 1. The van der Waals surface area contributed by atoms with Gasteiger partial charge in [0.15, 0.2) is 11.6 Å². The minimum absolute atomic E-state index is 0.0425. The summed E-state index contributed by atoms with van der Waals surface area (Å²) in [4.78, 5) is 17.5. The van der Waals surface area contributed by atoms with Gasteiger partial charge < -0.3 is 4.90 Å². The van der Waals surface area contributed by atoms with Gasteiger partial charge in [-0.25, -0.2) is 4.98 Å². The van der Waals surface area contributed by atoms with Gasteiger partial charge in [0.05, 0.1) is 4.92 Å². The lowest BCUT2D eigenvalue weighted by Crippen LogP contribution is -2.34. The molecule has 0 N–H and O–H groups in total. The van der Waals surface area contributed by atoms with Crippen LogP contribution in [0.15, 0.2) is 54.6 Å². The fraction of sp³-hybridized carbons (Fsp3) is 0.211. The Morgan fingerprint density at radius 1 is 0.926 bits per heavy atom. The quantitative estimate of drug-likeness (QED) is 0.505. The SMILES string of the molecule is O=[N+]([O-])c1ccc(-c2nnc(-c3ccccc3)c(N3CCSCC3)n2)cc1. The van der Waals surface area contributed by atoms with Crippen molar-refractivity contribution in [3.63, 3.8) is 0 Å². The summed E-state index contributed by atoms with van der Waals surface area (Å²) in [5.74, 6) is 3.37. The summed E-state index contributed by atoms with van der Waals surface area (Å²) in [6.07, 6.45) is 0. The van der Waals surface area contributed by atoms with Crippen molar-refractivity contribution in [2.75, 3.05) is 29.5 Å². The van der Waals surface area contributed by atoms with Gasteiger partial charge in [-0.3, -0.25) is 10.1 Å². The fourth-order valence-electron chi connectivity index (χ4n) is 2.95. The molecule has 4 rings (SSSR count). The van der Waals surface area contributed by atoms with Crippen LogP contribution in [0.1, 0.15) is 0 Å². The lowest BCUT2D eigenvalue weighted by molar-refractivity contribution is -0.384. The second-order valence-corrected chi connectivity index (χ2v) is 7.30. The van der Waals surface area contributed by atoms with Crippen molar-refractivity contribution in [1.82, 2.24) is 15.2 Å². The first kappa shape index (κ1) is 17.4. The molecule has 2 heterocycles. The molecule has 0 atom stereocenters. The Balaban J connectivity index is 1.77. The number of non-ortho nitro benzene ring substituents is 1. The number of aromatic nitrogens is 3. The molecule has 1 aromatic heterocycles. The lowest BCUT2D eigenvalue weighted by Gasteiger charge is -2.28. The first-order chi connectivity index (χ1) is 13.2. The summed E-state index contributed by atoms with van der Waals surface area (Å²) in [6.45, 7) is 1.81. The van der Waals surface area contributed by atoms with E-state index in [9.17, 15) is 10.1 Å². The van der Waals surface area contributed by atoms with Crippen LogP contribution >= 0.6 is 11.8 Å². The Morgan fingerprint density at radius 3 is 2.30 bits per heavy atom. The number of hydrogen-bond acceptors (Lipinski definition) is 7. The van der Waals surface area contributed by atoms with E-state index in [1.165, 1.54) is 12.1 Å². The van der Waals surface area contributed by atoms with Crippen LogP contribution < -0.4 is 4.90 Å². The molecule has 1 aliphatic rings. The molecule has 0 amide bonds. The number of thioether (sulfide) groups is 1. The van der Waals surface area contributed by atoms with Crippen molar-refractivity contribution < 1.29 is 4.92 Å². The van der Waals surface area contributed by atoms with Gasteiger partial charge in [-0.1, -0.05) is 30.3 Å². The van der Waals surface area contributed by atoms with Gasteiger partial charge in [0.1, 0.15) is 5.69 Å². The van der Waals surface area contributed by atoms with Crippen LogP contribution in [0.3, 0.4) is 0 Å². The molecule has 8 heteroatoms. The number of hydrogen-bond donors (Lipinski definition) is 0. The van der Waals surface area contributed by atoms with E-state index in [2.05, 4.69) is 15.1 Å². The van der Waals surface area contributed by atoms with E-state index in [1.807, 2.05) is 42.1 Å². The Kier molecular flexibility index (Phi) is 4.97. The minimum Gasteiger partial charge on any atom is -0.353 e. The largest absolute Gasteiger partial charge is 0.353 e. The minimum atomic E-state index is -0.418. The third-order valence-electron chi connectivity index (χ3n) is 4.36. The van der Waals surface area contributed by atoms with Crippen LogP contribution in [0.2, 0.25) is 0 Å². The number of anilines is 1. The van der Waals surface area contributed by atoms with E-state index in [0.717, 1.165) is 41.7 Å². The number of benzene rings is 2. The maximum absolute atomic E-state index is 10.9. The van der Waals surface area contributed by atoms with Gasteiger partial charge in [-0.2, -0.15) is 11.8 Å². The Bertz CT molecular complexity index is 944. The van der Waals surface area contributed by atoms with E-state index >= 15 is 0 Å². The van der Waals surface area contributed by atoms with E-state index in [1.54, 1.807) is 12.1 Å². The molecule has 0 aliphatic carbocycles. The molecule has 1 saturated heterocycles. The van der Waals surface area contributed by atoms with Crippen molar-refractivity contribution in [2.45, 2.75) is 0 Å². The van der Waals surface area contributed by atoms with Crippen LogP contribution in [-0.2, 0) is 0 Å². The highest BCUT2D eigenvalue weighted by Gasteiger charge is 2.20. The first-order valence-corrected chi connectivity index (χ1v) is 9.75. The molecule has 2 aromatic carbocycles. The lowest BCUT2D eigenvalue weighted by atomic mass is 10.1. The summed E-state index contributed by atoms with van der Waals surface area (Å²) >= 11 is 1.93. The van der Waals surface area contributed by atoms with Crippen LogP contribution in [0.5, 0.6) is 0 Å². The third-order valence-corrected chi connectivity index (χ3v) is 5.30. The monoisotopic (exact) mass is 379 g/mol. The molecule has 0 bridgehead atoms. The second kappa shape index (κ2) is 7.71. The highest BCUT2D eigenvalue weighted by Crippen LogP contribution is 2.30. The average molecular weight is 379 g/mol. The molecular formula is C19H17N5O2S. The maximum atomic E-state index is 10.9. The summed E-state index contributed by atoms with van der Waals surface area (Å²) in [7, 11) is 0. The van der Waals surface area contributed by atoms with Crippen molar-refractivity contribution in [2.24, 2.45) is 0 Å². The van der Waals surface area contributed by atoms with Crippen LogP contribution in [0.4, 0.5) is 11.5 Å². The van der Waals surface area contributed by atoms with E-state index < -0.39 is 4.92 Å². The number of rotatable bonds is 4. The standard InChI is InChI=1S/C19H17N5O2S/c25-24(26)16-8-6-15(7-9-16)18-20-19(23-10-12-27-13-11-23)17(21-22-18)14-4-2-1-3-5-14/h1-9H,10-13H2. The molecule has 0 radical (unpaired) electrons. The number of nitro groups is 1. The summed E-state index contributed by atoms with van der Waals surface area (Å²) < 4.78 is 0. The third kappa shape index (κ3) is 3.75. The Morgan fingerprint density at radius 2 is 1.63 bits per heavy atom. The zero-order valence-electron chi connectivity index (χ0n) is 14.5. The van der Waals surface area contributed by atoms with E-state index in [-0.39, 0.29) is 5.69 Å². The molecule has 7 nitrogen and oxygen atoms in total. The van der Waals surface area contributed by atoms with Gasteiger partial charge in [-0.15, -0.1) is 10.2 Å². The first-order valence-electron chi connectivity index (χ1n) is 8.60. The Hall–Kier alpha value is -3.00. The van der Waals surface area contributed by atoms with Crippen molar-refractivity contribution in [3.8, 4) is 22.6 Å². The maximum Gasteiger partial charge on any atom is 0.269 e. The van der Waals surface area contributed by atoms with Crippen molar-refractivity contribution in [1.29, 1.82) is 0 Å².